The van der Waals surface area contributed by atoms with Gasteiger partial charge in [-0.3, -0.25) is 0 Å². The molecule has 0 spiro atoms. The number of phenols is 2. The third-order valence-corrected chi connectivity index (χ3v) is 4.30. The fourth-order valence-corrected chi connectivity index (χ4v) is 2.77. The van der Waals surface area contributed by atoms with Crippen molar-refractivity contribution in [2.45, 2.75) is 39.0 Å². The lowest BCUT2D eigenvalue weighted by Crippen LogP contribution is -1.95. The molecule has 0 bridgehead atoms. The molecule has 3 heteroatoms. The molecule has 2 aromatic carbocycles. The Hall–Kier alpha value is -2.16. The highest BCUT2D eigenvalue weighted by molar-refractivity contribution is 5.54. The molecule has 1 heterocycles. The van der Waals surface area contributed by atoms with Gasteiger partial charge in [0.25, 0.3) is 0 Å². The first-order valence-corrected chi connectivity index (χ1v) is 7.44. The van der Waals surface area contributed by atoms with Gasteiger partial charge in [0.05, 0.1) is 0 Å². The van der Waals surface area contributed by atoms with Crippen molar-refractivity contribution in [2.75, 3.05) is 0 Å². The molecule has 1 unspecified atom stereocenters. The summed E-state index contributed by atoms with van der Waals surface area (Å²) < 4.78 is 5.91. The number of rotatable bonds is 2. The monoisotopic (exact) mass is 284 g/mol. The Kier molecular flexibility index (Phi) is 3.50. The number of fused-ring (bicyclic) bond motifs is 2. The first kappa shape index (κ1) is 13.8. The van der Waals surface area contributed by atoms with Crippen LogP contribution in [0.4, 0.5) is 0 Å². The maximum Gasteiger partial charge on any atom is 0.138 e. The van der Waals surface area contributed by atoms with Gasteiger partial charge in [0.2, 0.25) is 0 Å². The van der Waals surface area contributed by atoms with Gasteiger partial charge >= 0.3 is 0 Å². The maximum atomic E-state index is 9.98. The maximum absolute atomic E-state index is 9.98. The number of aryl methyl sites for hydroxylation is 1. The quantitative estimate of drug-likeness (QED) is 0.853. The third-order valence-electron chi connectivity index (χ3n) is 4.30. The van der Waals surface area contributed by atoms with Crippen LogP contribution >= 0.6 is 0 Å². The molecule has 1 aliphatic rings. The highest BCUT2D eigenvalue weighted by Crippen LogP contribution is 2.41. The van der Waals surface area contributed by atoms with Crippen molar-refractivity contribution in [1.29, 1.82) is 0 Å². The van der Waals surface area contributed by atoms with Crippen LogP contribution in [0.1, 0.15) is 42.9 Å². The van der Waals surface area contributed by atoms with E-state index >= 15 is 0 Å². The van der Waals surface area contributed by atoms with Gasteiger partial charge in [-0.1, -0.05) is 26.0 Å². The largest absolute Gasteiger partial charge is 0.508 e. The Morgan fingerprint density at radius 2 is 1.90 bits per heavy atom. The summed E-state index contributed by atoms with van der Waals surface area (Å²) >= 11 is 0. The molecule has 0 radical (unpaired) electrons. The molecular weight excluding hydrogens is 264 g/mol. The SMILES string of the molecule is CCC(C)c1ccc2c(c1)CCc1c(O)cc(O)cc1O2. The Morgan fingerprint density at radius 3 is 2.67 bits per heavy atom. The predicted molar refractivity (Wildman–Crippen MR) is 82.4 cm³/mol. The van der Waals surface area contributed by atoms with Crippen molar-refractivity contribution in [1.82, 2.24) is 0 Å². The number of benzene rings is 2. The summed E-state index contributed by atoms with van der Waals surface area (Å²) in [5, 5.41) is 19.6. The molecule has 3 nitrogen and oxygen atoms in total. The van der Waals surface area contributed by atoms with E-state index in [0.29, 0.717) is 18.1 Å². The Morgan fingerprint density at radius 1 is 1.10 bits per heavy atom. The number of hydrogen-bond acceptors (Lipinski definition) is 3. The van der Waals surface area contributed by atoms with E-state index in [1.807, 2.05) is 6.07 Å². The summed E-state index contributed by atoms with van der Waals surface area (Å²) in [4.78, 5) is 0. The molecule has 2 N–H and O–H groups in total. The highest BCUT2D eigenvalue weighted by Gasteiger charge is 2.19. The van der Waals surface area contributed by atoms with Crippen molar-refractivity contribution in [3.63, 3.8) is 0 Å². The molecule has 110 valence electrons. The van der Waals surface area contributed by atoms with Gasteiger partial charge in [0.1, 0.15) is 23.0 Å². The molecule has 0 fully saturated rings. The van der Waals surface area contributed by atoms with Gasteiger partial charge < -0.3 is 14.9 Å². The average Bonchev–Trinajstić information content (AvgIpc) is 2.64. The second kappa shape index (κ2) is 5.32. The minimum atomic E-state index is 0.0194. The molecule has 2 aromatic rings. The standard InChI is InChI=1S/C18H20O3/c1-3-11(2)12-5-7-17-13(8-12)4-6-15-16(20)9-14(19)10-18(15)21-17/h5,7-11,19-20H,3-4,6H2,1-2H3. The number of ether oxygens (including phenoxy) is 1. The second-order valence-electron chi connectivity index (χ2n) is 5.72. The molecule has 3 rings (SSSR count). The molecule has 21 heavy (non-hydrogen) atoms. The average molecular weight is 284 g/mol. The van der Waals surface area contributed by atoms with Crippen molar-refractivity contribution in [3.8, 4) is 23.0 Å². The predicted octanol–water partition coefficient (Wildman–Crippen LogP) is 4.50. The first-order chi connectivity index (χ1) is 10.1. The lowest BCUT2D eigenvalue weighted by atomic mass is 9.94. The molecule has 1 aliphatic heterocycles. The lowest BCUT2D eigenvalue weighted by Gasteiger charge is -2.13. The second-order valence-corrected chi connectivity index (χ2v) is 5.72. The first-order valence-electron chi connectivity index (χ1n) is 7.44. The van der Waals surface area contributed by atoms with Gasteiger partial charge in [-0.05, 0) is 42.4 Å². The fraction of sp³-hybridized carbons (Fsp3) is 0.333. The van der Waals surface area contributed by atoms with E-state index in [4.69, 9.17) is 4.74 Å². The van der Waals surface area contributed by atoms with Crippen LogP contribution in [0, 0.1) is 0 Å². The summed E-state index contributed by atoms with van der Waals surface area (Å²) in [7, 11) is 0. The van der Waals surface area contributed by atoms with Gasteiger partial charge in [0, 0.05) is 17.7 Å². The van der Waals surface area contributed by atoms with Crippen LogP contribution in [0.5, 0.6) is 23.0 Å². The van der Waals surface area contributed by atoms with E-state index in [9.17, 15) is 10.2 Å². The van der Waals surface area contributed by atoms with E-state index in [2.05, 4.69) is 26.0 Å². The summed E-state index contributed by atoms with van der Waals surface area (Å²) in [6.07, 6.45) is 2.64. The van der Waals surface area contributed by atoms with E-state index < -0.39 is 0 Å². The molecule has 0 saturated heterocycles. The zero-order chi connectivity index (χ0) is 15.0. The van der Waals surface area contributed by atoms with Gasteiger partial charge in [-0.2, -0.15) is 0 Å². The smallest absolute Gasteiger partial charge is 0.138 e. The molecule has 0 aliphatic carbocycles. The summed E-state index contributed by atoms with van der Waals surface area (Å²) in [6.45, 7) is 4.40. The zero-order valence-corrected chi connectivity index (χ0v) is 12.4. The Bertz CT molecular complexity index is 676. The minimum absolute atomic E-state index is 0.0194. The topological polar surface area (TPSA) is 49.7 Å². The van der Waals surface area contributed by atoms with Crippen LogP contribution in [0.2, 0.25) is 0 Å². The van der Waals surface area contributed by atoms with Crippen molar-refractivity contribution < 1.29 is 14.9 Å². The van der Waals surface area contributed by atoms with Crippen molar-refractivity contribution >= 4 is 0 Å². The van der Waals surface area contributed by atoms with Crippen LogP contribution in [0.15, 0.2) is 30.3 Å². The van der Waals surface area contributed by atoms with Crippen molar-refractivity contribution in [2.24, 2.45) is 0 Å². The number of hydrogen-bond donors (Lipinski definition) is 2. The van der Waals surface area contributed by atoms with Crippen LogP contribution in [-0.4, -0.2) is 10.2 Å². The fourth-order valence-electron chi connectivity index (χ4n) is 2.77. The van der Waals surface area contributed by atoms with Crippen LogP contribution in [0.25, 0.3) is 0 Å². The van der Waals surface area contributed by atoms with Crippen LogP contribution < -0.4 is 4.74 Å². The molecule has 0 saturated carbocycles. The molecular formula is C18H20O3. The Labute approximate surface area is 124 Å². The highest BCUT2D eigenvalue weighted by atomic mass is 16.5. The van der Waals surface area contributed by atoms with E-state index in [-0.39, 0.29) is 11.5 Å². The molecule has 1 atom stereocenters. The number of aromatic hydroxyl groups is 2. The van der Waals surface area contributed by atoms with Gasteiger partial charge in [0.15, 0.2) is 0 Å². The van der Waals surface area contributed by atoms with E-state index in [1.54, 1.807) is 6.07 Å². The van der Waals surface area contributed by atoms with Crippen LogP contribution in [-0.2, 0) is 12.8 Å². The molecule has 0 amide bonds. The van der Waals surface area contributed by atoms with Crippen LogP contribution in [0.3, 0.4) is 0 Å². The van der Waals surface area contributed by atoms with E-state index in [0.717, 1.165) is 29.7 Å². The summed E-state index contributed by atoms with van der Waals surface area (Å²) in [5.74, 6) is 2.00. The summed E-state index contributed by atoms with van der Waals surface area (Å²) in [5.41, 5.74) is 3.23. The summed E-state index contributed by atoms with van der Waals surface area (Å²) in [6, 6.07) is 9.22. The Balaban J connectivity index is 2.01. The number of phenolic OH excluding ortho intramolecular Hbond substituents is 2. The minimum Gasteiger partial charge on any atom is -0.508 e. The van der Waals surface area contributed by atoms with Crippen molar-refractivity contribution in [3.05, 3.63) is 47.0 Å². The normalized spacial score (nSPS) is 14.6. The zero-order valence-electron chi connectivity index (χ0n) is 12.4. The third kappa shape index (κ3) is 2.56. The van der Waals surface area contributed by atoms with E-state index in [1.165, 1.54) is 11.6 Å². The molecule has 0 aromatic heterocycles. The van der Waals surface area contributed by atoms with Gasteiger partial charge in [-0.25, -0.2) is 0 Å². The van der Waals surface area contributed by atoms with Gasteiger partial charge in [-0.15, -0.1) is 0 Å². The lowest BCUT2D eigenvalue weighted by molar-refractivity contribution is 0.427.